The maximum atomic E-state index is 13.5. The number of fused-ring (bicyclic) bond motifs is 2. The van der Waals surface area contributed by atoms with Gasteiger partial charge in [-0.1, -0.05) is 30.2 Å². The molecule has 1 N–H and O–H groups in total. The van der Waals surface area contributed by atoms with Crippen molar-refractivity contribution in [3.63, 3.8) is 0 Å². The highest BCUT2D eigenvalue weighted by molar-refractivity contribution is 6.16. The van der Waals surface area contributed by atoms with Gasteiger partial charge in [-0.25, -0.2) is 4.79 Å². The van der Waals surface area contributed by atoms with Crippen LogP contribution in [0.1, 0.15) is 58.9 Å². The monoisotopic (exact) mass is 412 g/mol. The van der Waals surface area contributed by atoms with E-state index in [0.717, 1.165) is 37.7 Å². The number of ketones is 1. The van der Waals surface area contributed by atoms with Gasteiger partial charge >= 0.3 is 5.97 Å². The Kier molecular flexibility index (Phi) is 5.29. The van der Waals surface area contributed by atoms with Gasteiger partial charge in [0.25, 0.3) is 0 Å². The Labute approximate surface area is 178 Å². The second-order valence-corrected chi connectivity index (χ2v) is 9.71. The van der Waals surface area contributed by atoms with Crippen molar-refractivity contribution in [3.05, 3.63) is 47.5 Å². The number of ether oxygens (including phenoxy) is 1. The Balaban J connectivity index is 1.66. The second kappa shape index (κ2) is 7.52. The molecular formula is C25H32O5. The Hall–Kier alpha value is -2.14. The molecule has 0 radical (unpaired) electrons. The molecule has 2 aliphatic carbocycles. The highest BCUT2D eigenvalue weighted by Crippen LogP contribution is 2.57. The second-order valence-electron chi connectivity index (χ2n) is 9.71. The smallest absolute Gasteiger partial charge is 0.346 e. The van der Waals surface area contributed by atoms with E-state index in [4.69, 9.17) is 9.15 Å². The molecule has 1 saturated heterocycles. The van der Waals surface area contributed by atoms with E-state index >= 15 is 0 Å². The van der Waals surface area contributed by atoms with Gasteiger partial charge in [0.15, 0.2) is 5.60 Å². The molecule has 6 atom stereocenters. The highest BCUT2D eigenvalue weighted by atomic mass is 16.6. The number of furan rings is 1. The van der Waals surface area contributed by atoms with E-state index in [1.807, 2.05) is 6.07 Å². The summed E-state index contributed by atoms with van der Waals surface area (Å²) in [6.07, 6.45) is 12.4. The van der Waals surface area contributed by atoms with E-state index in [2.05, 4.69) is 32.9 Å². The topological polar surface area (TPSA) is 76.7 Å². The lowest BCUT2D eigenvalue weighted by Gasteiger charge is -2.45. The third kappa shape index (κ3) is 3.18. The predicted molar refractivity (Wildman–Crippen MR) is 112 cm³/mol. The van der Waals surface area contributed by atoms with Crippen LogP contribution in [0.3, 0.4) is 0 Å². The van der Waals surface area contributed by atoms with Crippen molar-refractivity contribution in [2.45, 2.75) is 71.0 Å². The molecule has 1 saturated carbocycles. The summed E-state index contributed by atoms with van der Waals surface area (Å²) in [5.74, 6) is -1.25. The third-order valence-corrected chi connectivity index (χ3v) is 7.53. The van der Waals surface area contributed by atoms with E-state index in [1.165, 1.54) is 18.1 Å². The lowest BCUT2D eigenvalue weighted by atomic mass is 9.60. The van der Waals surface area contributed by atoms with Gasteiger partial charge in [-0.15, -0.1) is 0 Å². The van der Waals surface area contributed by atoms with Gasteiger partial charge < -0.3 is 14.3 Å². The zero-order valence-corrected chi connectivity index (χ0v) is 18.3. The lowest BCUT2D eigenvalue weighted by molar-refractivity contribution is -0.167. The largest absolute Gasteiger partial charge is 0.472 e. The molecule has 162 valence electrons. The van der Waals surface area contributed by atoms with Crippen LogP contribution in [0.15, 0.2) is 46.3 Å². The average Bonchev–Trinajstić information content (AvgIpc) is 3.37. The zero-order chi connectivity index (χ0) is 21.7. The lowest BCUT2D eigenvalue weighted by Crippen LogP contribution is -2.57. The first-order valence-electron chi connectivity index (χ1n) is 11.0. The van der Waals surface area contributed by atoms with E-state index in [1.54, 1.807) is 12.5 Å². The van der Waals surface area contributed by atoms with Gasteiger partial charge in [-0.2, -0.15) is 0 Å². The molecule has 2 fully saturated rings. The first-order chi connectivity index (χ1) is 14.2. The molecular weight excluding hydrogens is 380 g/mol. The fraction of sp³-hybridized carbons (Fsp3) is 0.600. The molecule has 3 aliphatic rings. The van der Waals surface area contributed by atoms with E-state index < -0.39 is 23.0 Å². The normalized spacial score (nSPS) is 38.7. The van der Waals surface area contributed by atoms with E-state index in [9.17, 15) is 14.7 Å². The predicted octanol–water partition coefficient (Wildman–Crippen LogP) is 4.40. The quantitative estimate of drug-likeness (QED) is 0.441. The molecule has 1 spiro atoms. The molecule has 0 bridgehead atoms. The number of carbonyl (C=O) groups is 2. The van der Waals surface area contributed by atoms with E-state index in [-0.39, 0.29) is 23.7 Å². The van der Waals surface area contributed by atoms with Crippen LogP contribution in [0.2, 0.25) is 0 Å². The van der Waals surface area contributed by atoms with Crippen LogP contribution in [-0.2, 0) is 20.7 Å². The van der Waals surface area contributed by atoms with Crippen molar-refractivity contribution in [1.82, 2.24) is 0 Å². The van der Waals surface area contributed by atoms with Gasteiger partial charge in [-0.3, -0.25) is 4.79 Å². The number of hydrogen-bond acceptors (Lipinski definition) is 5. The molecule has 30 heavy (non-hydrogen) atoms. The zero-order valence-electron chi connectivity index (χ0n) is 18.3. The van der Waals surface area contributed by atoms with Crippen LogP contribution in [0, 0.1) is 23.7 Å². The molecule has 2 heterocycles. The van der Waals surface area contributed by atoms with Crippen molar-refractivity contribution in [2.75, 3.05) is 0 Å². The first-order valence-corrected chi connectivity index (χ1v) is 11.0. The number of hydrogen-bond donors (Lipinski definition) is 1. The molecule has 1 unspecified atom stereocenters. The van der Waals surface area contributed by atoms with Crippen molar-refractivity contribution >= 4 is 11.8 Å². The maximum Gasteiger partial charge on any atom is 0.346 e. The van der Waals surface area contributed by atoms with Crippen LogP contribution in [0.4, 0.5) is 0 Å². The Morgan fingerprint density at radius 2 is 2.10 bits per heavy atom. The summed E-state index contributed by atoms with van der Waals surface area (Å²) in [5.41, 5.74) is 0.218. The van der Waals surface area contributed by atoms with Gasteiger partial charge in [-0.05, 0) is 76.3 Å². The Morgan fingerprint density at radius 3 is 2.73 bits per heavy atom. The fourth-order valence-corrected chi connectivity index (χ4v) is 5.96. The summed E-state index contributed by atoms with van der Waals surface area (Å²) in [6, 6.07) is 1.97. The summed E-state index contributed by atoms with van der Waals surface area (Å²) in [7, 11) is 0. The van der Waals surface area contributed by atoms with Crippen LogP contribution < -0.4 is 0 Å². The molecule has 5 heteroatoms. The van der Waals surface area contributed by atoms with E-state index in [0.29, 0.717) is 0 Å². The minimum absolute atomic E-state index is 0.0899. The number of esters is 1. The van der Waals surface area contributed by atoms with Gasteiger partial charge in [0.2, 0.25) is 11.4 Å². The van der Waals surface area contributed by atoms with Crippen LogP contribution in [0.25, 0.3) is 0 Å². The van der Waals surface area contributed by atoms with Crippen LogP contribution >= 0.6 is 0 Å². The van der Waals surface area contributed by atoms with Crippen LogP contribution in [0.5, 0.6) is 0 Å². The summed E-state index contributed by atoms with van der Waals surface area (Å²) in [4.78, 5) is 26.1. The molecule has 1 aromatic heterocycles. The van der Waals surface area contributed by atoms with Gasteiger partial charge in [0, 0.05) is 11.8 Å². The molecule has 0 amide bonds. The maximum absolute atomic E-state index is 13.5. The standard InChI is InChI=1S/C25H32O5/c1-15(6-5-7-18-10-11-29-14-18)12-19-13-17(3)20-9-8-16(2)21(20)25(19)22(26)24(4,28)23(27)30-25/h10-14,16,19-21,28H,5-9H2,1-4H3/b15-12+/t16-,19+,20-,21+,24?,25-/m0/s1. The van der Waals surface area contributed by atoms with Gasteiger partial charge in [0.1, 0.15) is 0 Å². The van der Waals surface area contributed by atoms with Crippen molar-refractivity contribution in [3.8, 4) is 0 Å². The first kappa shape index (κ1) is 21.1. The molecule has 4 rings (SSSR count). The summed E-state index contributed by atoms with van der Waals surface area (Å²) < 4.78 is 11.0. The minimum Gasteiger partial charge on any atom is -0.472 e. The average molecular weight is 413 g/mol. The Bertz CT molecular complexity index is 891. The summed E-state index contributed by atoms with van der Waals surface area (Å²) in [6.45, 7) is 7.61. The number of rotatable bonds is 5. The fourth-order valence-electron chi connectivity index (χ4n) is 5.96. The molecule has 0 aromatic carbocycles. The minimum atomic E-state index is -2.08. The number of aryl methyl sites for hydroxylation is 1. The molecule has 1 aliphatic heterocycles. The number of Topliss-reactive ketones (excluding diaryl/α,β-unsaturated/α-hetero) is 1. The van der Waals surface area contributed by atoms with Crippen molar-refractivity contribution < 1.29 is 23.8 Å². The number of carbonyl (C=O) groups excluding carboxylic acids is 2. The van der Waals surface area contributed by atoms with Gasteiger partial charge in [0.05, 0.1) is 12.5 Å². The summed E-state index contributed by atoms with van der Waals surface area (Å²) >= 11 is 0. The number of allylic oxidation sites excluding steroid dienone is 2. The van der Waals surface area contributed by atoms with Crippen molar-refractivity contribution in [1.29, 1.82) is 0 Å². The highest BCUT2D eigenvalue weighted by Gasteiger charge is 2.71. The molecule has 5 nitrogen and oxygen atoms in total. The number of aliphatic hydroxyl groups is 1. The van der Waals surface area contributed by atoms with Crippen molar-refractivity contribution in [2.24, 2.45) is 23.7 Å². The third-order valence-electron chi connectivity index (χ3n) is 7.53. The SMILES string of the molecule is CC1=C[C@@H](/C=C(\C)CCCc2ccoc2)[C@]2(OC(=O)C(C)(O)C2=O)[C@@H]2[C@@H](C)CC[C@@H]12. The molecule has 1 aromatic rings. The Morgan fingerprint density at radius 1 is 1.33 bits per heavy atom. The van der Waals surface area contributed by atoms with Crippen LogP contribution in [-0.4, -0.2) is 28.1 Å². The summed E-state index contributed by atoms with van der Waals surface area (Å²) in [5, 5.41) is 10.6.